The molecule has 0 bridgehead atoms. The minimum atomic E-state index is -3.99. The zero-order chi connectivity index (χ0) is 18.7. The van der Waals surface area contributed by atoms with E-state index in [2.05, 4.69) is 14.9 Å². The summed E-state index contributed by atoms with van der Waals surface area (Å²) in [5, 5.41) is 7.59. The van der Waals surface area contributed by atoms with E-state index in [1.807, 2.05) is 19.1 Å². The Kier molecular flexibility index (Phi) is 4.90. The Morgan fingerprint density at radius 1 is 1.19 bits per heavy atom. The third kappa shape index (κ3) is 3.38. The van der Waals surface area contributed by atoms with Crippen molar-refractivity contribution in [2.45, 2.75) is 18.2 Å². The highest BCUT2D eigenvalue weighted by molar-refractivity contribution is 7.92. The smallest absolute Gasteiger partial charge is 0.326 e. The number of carbonyl (C=O) groups is 1. The number of anilines is 1. The van der Waals surface area contributed by atoms with Crippen LogP contribution < -0.4 is 4.31 Å². The van der Waals surface area contributed by atoms with E-state index >= 15 is 0 Å². The van der Waals surface area contributed by atoms with Crippen LogP contribution in [-0.4, -0.2) is 42.6 Å². The Morgan fingerprint density at radius 2 is 1.92 bits per heavy atom. The molecule has 26 heavy (non-hydrogen) atoms. The van der Waals surface area contributed by atoms with E-state index < -0.39 is 22.5 Å². The van der Waals surface area contributed by atoms with Crippen LogP contribution in [-0.2, 0) is 26.0 Å². The fourth-order valence-electron chi connectivity index (χ4n) is 2.48. The van der Waals surface area contributed by atoms with Crippen LogP contribution in [0.4, 0.5) is 5.69 Å². The lowest BCUT2D eigenvalue weighted by Crippen LogP contribution is -2.36. The van der Waals surface area contributed by atoms with Gasteiger partial charge in [0.1, 0.15) is 17.8 Å². The largest absolute Gasteiger partial charge is 0.468 e. The Labute approximate surface area is 151 Å². The highest BCUT2D eigenvalue weighted by Crippen LogP contribution is 2.24. The average Bonchev–Trinajstić information content (AvgIpc) is 3.13. The third-order valence-corrected chi connectivity index (χ3v) is 5.74. The number of aromatic nitrogens is 3. The molecule has 0 unspecified atom stereocenters. The molecule has 0 N–H and O–H groups in total. The van der Waals surface area contributed by atoms with Gasteiger partial charge in [-0.05, 0) is 36.2 Å². The molecule has 136 valence electrons. The molecule has 0 aliphatic carbocycles. The van der Waals surface area contributed by atoms with Crippen LogP contribution in [0.2, 0.25) is 0 Å². The Bertz CT molecular complexity index is 1030. The summed E-state index contributed by atoms with van der Waals surface area (Å²) in [6, 6.07) is 10.0. The fraction of sp³-hybridized carbons (Fsp3) is 0.235. The maximum absolute atomic E-state index is 13.2. The van der Waals surface area contributed by atoms with Crippen molar-refractivity contribution in [2.24, 2.45) is 0 Å². The van der Waals surface area contributed by atoms with E-state index in [-0.39, 0.29) is 4.90 Å². The van der Waals surface area contributed by atoms with E-state index in [9.17, 15) is 13.2 Å². The van der Waals surface area contributed by atoms with Gasteiger partial charge in [0.05, 0.1) is 12.8 Å². The van der Waals surface area contributed by atoms with Crippen LogP contribution in [0, 0.1) is 0 Å². The Balaban J connectivity index is 2.06. The molecule has 0 saturated carbocycles. The molecule has 3 rings (SSSR count). The summed E-state index contributed by atoms with van der Waals surface area (Å²) in [7, 11) is -2.77. The fourth-order valence-corrected chi connectivity index (χ4v) is 3.90. The quantitative estimate of drug-likeness (QED) is 0.609. The van der Waals surface area contributed by atoms with Gasteiger partial charge in [-0.15, -0.1) is 10.2 Å². The topological polar surface area (TPSA) is 93.9 Å². The van der Waals surface area contributed by atoms with Crippen molar-refractivity contribution in [3.8, 4) is 0 Å². The van der Waals surface area contributed by atoms with Crippen molar-refractivity contribution in [1.29, 1.82) is 0 Å². The van der Waals surface area contributed by atoms with Gasteiger partial charge < -0.3 is 4.74 Å². The third-order valence-electron chi connectivity index (χ3n) is 3.98. The molecule has 0 atom stereocenters. The lowest BCUT2D eigenvalue weighted by molar-refractivity contribution is -0.138. The average molecular weight is 374 g/mol. The van der Waals surface area contributed by atoms with Gasteiger partial charge in [0.2, 0.25) is 0 Å². The predicted octanol–water partition coefficient (Wildman–Crippen LogP) is 1.66. The zero-order valence-electron chi connectivity index (χ0n) is 14.4. The molecule has 0 saturated heterocycles. The highest BCUT2D eigenvalue weighted by atomic mass is 32.2. The van der Waals surface area contributed by atoms with Gasteiger partial charge in [0, 0.05) is 6.20 Å². The number of ether oxygens (including phenoxy) is 1. The first-order chi connectivity index (χ1) is 12.5. The van der Waals surface area contributed by atoms with Crippen LogP contribution in [0.15, 0.2) is 53.8 Å². The van der Waals surface area contributed by atoms with Gasteiger partial charge in [0.15, 0.2) is 5.65 Å². The number of aryl methyl sites for hydroxylation is 1. The molecule has 0 aliphatic heterocycles. The minimum Gasteiger partial charge on any atom is -0.468 e. The second-order valence-corrected chi connectivity index (χ2v) is 7.43. The van der Waals surface area contributed by atoms with Crippen LogP contribution in [0.25, 0.3) is 5.65 Å². The van der Waals surface area contributed by atoms with Gasteiger partial charge in [0.25, 0.3) is 10.0 Å². The van der Waals surface area contributed by atoms with Crippen LogP contribution in [0.3, 0.4) is 0 Å². The van der Waals surface area contributed by atoms with Crippen molar-refractivity contribution in [3.63, 3.8) is 0 Å². The number of rotatable bonds is 6. The van der Waals surface area contributed by atoms with Crippen molar-refractivity contribution in [3.05, 3.63) is 54.5 Å². The van der Waals surface area contributed by atoms with Crippen molar-refractivity contribution < 1.29 is 17.9 Å². The first kappa shape index (κ1) is 17.9. The molecule has 8 nitrogen and oxygen atoms in total. The monoisotopic (exact) mass is 374 g/mol. The lowest BCUT2D eigenvalue weighted by atomic mass is 10.1. The first-order valence-corrected chi connectivity index (χ1v) is 9.37. The second-order valence-electron chi connectivity index (χ2n) is 5.57. The van der Waals surface area contributed by atoms with Crippen LogP contribution in [0.5, 0.6) is 0 Å². The molecule has 2 heterocycles. The van der Waals surface area contributed by atoms with E-state index in [1.54, 1.807) is 18.2 Å². The van der Waals surface area contributed by atoms with E-state index in [0.29, 0.717) is 11.3 Å². The first-order valence-electron chi connectivity index (χ1n) is 7.93. The van der Waals surface area contributed by atoms with Gasteiger partial charge >= 0.3 is 5.97 Å². The van der Waals surface area contributed by atoms with Gasteiger partial charge in [-0.3, -0.25) is 13.5 Å². The maximum atomic E-state index is 13.2. The maximum Gasteiger partial charge on any atom is 0.326 e. The van der Waals surface area contributed by atoms with Crippen LogP contribution in [0.1, 0.15) is 12.5 Å². The molecular weight excluding hydrogens is 356 g/mol. The molecule has 0 radical (unpaired) electrons. The number of carbonyl (C=O) groups excluding carboxylic acids is 1. The number of benzene rings is 1. The standard InChI is InChI=1S/C17H18N4O4S/c1-3-13-4-6-14(7-5-13)21(11-17(22)25-2)26(23,24)15-8-9-16-19-18-12-20(16)10-15/h4-10,12H,3,11H2,1-2H3. The second kappa shape index (κ2) is 7.12. The summed E-state index contributed by atoms with van der Waals surface area (Å²) in [6.07, 6.45) is 3.65. The molecule has 9 heteroatoms. The van der Waals surface area contributed by atoms with Crippen molar-refractivity contribution >= 4 is 27.3 Å². The summed E-state index contributed by atoms with van der Waals surface area (Å²) in [4.78, 5) is 11.8. The number of hydrogen-bond acceptors (Lipinski definition) is 6. The van der Waals surface area contributed by atoms with Gasteiger partial charge in [-0.1, -0.05) is 19.1 Å². The minimum absolute atomic E-state index is 0.0215. The molecular formula is C17H18N4O4S. The van der Waals surface area contributed by atoms with Crippen molar-refractivity contribution in [2.75, 3.05) is 18.0 Å². The van der Waals surface area contributed by atoms with E-state index in [0.717, 1.165) is 16.3 Å². The predicted molar refractivity (Wildman–Crippen MR) is 95.4 cm³/mol. The molecule has 2 aromatic heterocycles. The number of sulfonamides is 1. The molecule has 3 aromatic rings. The summed E-state index contributed by atoms with van der Waals surface area (Å²) in [6.45, 7) is 1.58. The number of nitrogens with zero attached hydrogens (tertiary/aromatic N) is 4. The summed E-state index contributed by atoms with van der Waals surface area (Å²) < 4.78 is 33.5. The lowest BCUT2D eigenvalue weighted by Gasteiger charge is -2.23. The number of fused-ring (bicyclic) bond motifs is 1. The molecule has 0 aliphatic rings. The zero-order valence-corrected chi connectivity index (χ0v) is 15.2. The van der Waals surface area contributed by atoms with Crippen molar-refractivity contribution in [1.82, 2.24) is 14.6 Å². The van der Waals surface area contributed by atoms with E-state index in [1.165, 1.54) is 30.1 Å². The molecule has 1 aromatic carbocycles. The summed E-state index contributed by atoms with van der Waals surface area (Å²) >= 11 is 0. The van der Waals surface area contributed by atoms with Gasteiger partial charge in [-0.25, -0.2) is 8.42 Å². The molecule has 0 amide bonds. The van der Waals surface area contributed by atoms with Gasteiger partial charge in [-0.2, -0.15) is 0 Å². The normalized spacial score (nSPS) is 11.5. The summed E-state index contributed by atoms with van der Waals surface area (Å²) in [5.41, 5.74) is 1.97. The number of hydrogen-bond donors (Lipinski definition) is 0. The number of pyridine rings is 1. The molecule has 0 spiro atoms. The number of methoxy groups -OCH3 is 1. The SMILES string of the molecule is CCc1ccc(N(CC(=O)OC)S(=O)(=O)c2ccc3nncn3c2)cc1. The Hall–Kier alpha value is -2.94. The highest BCUT2D eigenvalue weighted by Gasteiger charge is 2.28. The number of esters is 1. The summed E-state index contributed by atoms with van der Waals surface area (Å²) in [5.74, 6) is -0.654. The van der Waals surface area contributed by atoms with E-state index in [4.69, 9.17) is 0 Å². The molecule has 0 fully saturated rings. The van der Waals surface area contributed by atoms with Crippen LogP contribution >= 0.6 is 0 Å². The Morgan fingerprint density at radius 3 is 2.58 bits per heavy atom.